The lowest BCUT2D eigenvalue weighted by Gasteiger charge is -2.09. The monoisotopic (exact) mass is 266 g/mol. The lowest BCUT2D eigenvalue weighted by Crippen LogP contribution is -1.95. The number of nitrogens with zero attached hydrogens (tertiary/aromatic N) is 2. The SMILES string of the molecule is CC(O)c1ccnc(Oc2cccc3cccnc23)c1. The van der Waals surface area contributed by atoms with Crippen molar-refractivity contribution in [3.05, 3.63) is 60.4 Å². The van der Waals surface area contributed by atoms with E-state index in [0.29, 0.717) is 11.6 Å². The van der Waals surface area contributed by atoms with Gasteiger partial charge in [-0.25, -0.2) is 4.98 Å². The molecule has 3 rings (SSSR count). The van der Waals surface area contributed by atoms with E-state index in [1.165, 1.54) is 0 Å². The van der Waals surface area contributed by atoms with Gasteiger partial charge in [-0.15, -0.1) is 0 Å². The lowest BCUT2D eigenvalue weighted by molar-refractivity contribution is 0.198. The van der Waals surface area contributed by atoms with Crippen LogP contribution in [0.1, 0.15) is 18.6 Å². The highest BCUT2D eigenvalue weighted by Gasteiger charge is 2.07. The molecule has 20 heavy (non-hydrogen) atoms. The summed E-state index contributed by atoms with van der Waals surface area (Å²) in [4.78, 5) is 8.50. The molecule has 1 aromatic carbocycles. The standard InChI is InChI=1S/C16H14N2O2/c1-11(19)13-7-9-17-15(10-13)20-14-6-2-4-12-5-3-8-18-16(12)14/h2-11,19H,1H3. The van der Waals surface area contributed by atoms with E-state index in [4.69, 9.17) is 4.74 Å². The Kier molecular flexibility index (Phi) is 3.31. The maximum absolute atomic E-state index is 9.59. The normalized spacial score (nSPS) is 12.3. The first-order chi connectivity index (χ1) is 9.74. The minimum atomic E-state index is -0.550. The molecular formula is C16H14N2O2. The molecule has 0 bridgehead atoms. The van der Waals surface area contributed by atoms with Crippen LogP contribution < -0.4 is 4.74 Å². The number of aliphatic hydroxyl groups excluding tert-OH is 1. The summed E-state index contributed by atoms with van der Waals surface area (Å²) >= 11 is 0. The molecule has 0 aliphatic heterocycles. The third kappa shape index (κ3) is 2.46. The third-order valence-electron chi connectivity index (χ3n) is 3.05. The summed E-state index contributed by atoms with van der Waals surface area (Å²) in [5, 5.41) is 10.6. The maximum Gasteiger partial charge on any atom is 0.219 e. The van der Waals surface area contributed by atoms with E-state index < -0.39 is 6.10 Å². The summed E-state index contributed by atoms with van der Waals surface area (Å²) in [6.07, 6.45) is 2.80. The van der Waals surface area contributed by atoms with Gasteiger partial charge < -0.3 is 9.84 Å². The van der Waals surface area contributed by atoms with Gasteiger partial charge in [0.25, 0.3) is 0 Å². The van der Waals surface area contributed by atoms with E-state index in [1.54, 1.807) is 31.5 Å². The van der Waals surface area contributed by atoms with Crippen LogP contribution in [0, 0.1) is 0 Å². The van der Waals surface area contributed by atoms with Gasteiger partial charge in [-0.2, -0.15) is 0 Å². The molecule has 1 N–H and O–H groups in total. The molecule has 4 nitrogen and oxygen atoms in total. The molecule has 0 radical (unpaired) electrons. The molecule has 2 aromatic heterocycles. The zero-order valence-electron chi connectivity index (χ0n) is 11.0. The fraction of sp³-hybridized carbons (Fsp3) is 0.125. The summed E-state index contributed by atoms with van der Waals surface area (Å²) in [6, 6.07) is 13.1. The van der Waals surface area contributed by atoms with Crippen LogP contribution in [0.4, 0.5) is 0 Å². The number of rotatable bonds is 3. The van der Waals surface area contributed by atoms with E-state index in [9.17, 15) is 5.11 Å². The van der Waals surface area contributed by atoms with Crippen LogP contribution in [-0.4, -0.2) is 15.1 Å². The maximum atomic E-state index is 9.59. The van der Waals surface area contributed by atoms with Gasteiger partial charge in [-0.3, -0.25) is 4.98 Å². The lowest BCUT2D eigenvalue weighted by atomic mass is 10.2. The Labute approximate surface area is 116 Å². The zero-order chi connectivity index (χ0) is 13.9. The van der Waals surface area contributed by atoms with Crippen molar-refractivity contribution in [2.45, 2.75) is 13.0 Å². The largest absolute Gasteiger partial charge is 0.437 e. The highest BCUT2D eigenvalue weighted by atomic mass is 16.5. The summed E-state index contributed by atoms with van der Waals surface area (Å²) < 4.78 is 5.80. The number of benzene rings is 1. The van der Waals surface area contributed by atoms with E-state index in [1.807, 2.05) is 30.3 Å². The zero-order valence-corrected chi connectivity index (χ0v) is 11.0. The number of fused-ring (bicyclic) bond motifs is 1. The first kappa shape index (κ1) is 12.6. The fourth-order valence-corrected chi connectivity index (χ4v) is 2.01. The highest BCUT2D eigenvalue weighted by molar-refractivity contribution is 5.84. The van der Waals surface area contributed by atoms with E-state index in [0.717, 1.165) is 16.5 Å². The number of hydrogen-bond donors (Lipinski definition) is 1. The first-order valence-electron chi connectivity index (χ1n) is 6.39. The van der Waals surface area contributed by atoms with Crippen LogP contribution >= 0.6 is 0 Å². The minimum Gasteiger partial charge on any atom is -0.437 e. The second-order valence-corrected chi connectivity index (χ2v) is 4.54. The number of aromatic nitrogens is 2. The van der Waals surface area contributed by atoms with Crippen LogP contribution in [0.5, 0.6) is 11.6 Å². The average Bonchev–Trinajstić information content (AvgIpc) is 2.48. The Hall–Kier alpha value is -2.46. The van der Waals surface area contributed by atoms with E-state index >= 15 is 0 Å². The molecule has 100 valence electrons. The Morgan fingerprint density at radius 2 is 1.90 bits per heavy atom. The Morgan fingerprint density at radius 1 is 1.05 bits per heavy atom. The third-order valence-corrected chi connectivity index (χ3v) is 3.05. The van der Waals surface area contributed by atoms with E-state index in [-0.39, 0.29) is 0 Å². The van der Waals surface area contributed by atoms with Gasteiger partial charge in [-0.1, -0.05) is 18.2 Å². The molecule has 1 unspecified atom stereocenters. The van der Waals surface area contributed by atoms with Gasteiger partial charge in [0.1, 0.15) is 5.52 Å². The van der Waals surface area contributed by atoms with Crippen LogP contribution in [0.15, 0.2) is 54.9 Å². The molecule has 3 aromatic rings. The number of para-hydroxylation sites is 1. The van der Waals surface area contributed by atoms with Crippen molar-refractivity contribution in [1.29, 1.82) is 0 Å². The predicted octanol–water partition coefficient (Wildman–Crippen LogP) is 3.48. The molecule has 0 fully saturated rings. The second-order valence-electron chi connectivity index (χ2n) is 4.54. The first-order valence-corrected chi connectivity index (χ1v) is 6.39. The van der Waals surface area contributed by atoms with Crippen molar-refractivity contribution in [3.8, 4) is 11.6 Å². The van der Waals surface area contributed by atoms with Crippen molar-refractivity contribution in [1.82, 2.24) is 9.97 Å². The Balaban J connectivity index is 1.99. The van der Waals surface area contributed by atoms with Crippen molar-refractivity contribution < 1.29 is 9.84 Å². The number of ether oxygens (including phenoxy) is 1. The Morgan fingerprint density at radius 3 is 2.75 bits per heavy atom. The van der Waals surface area contributed by atoms with Crippen molar-refractivity contribution in [2.24, 2.45) is 0 Å². The van der Waals surface area contributed by atoms with Gasteiger partial charge in [-0.05, 0) is 30.7 Å². The van der Waals surface area contributed by atoms with Gasteiger partial charge in [0.2, 0.25) is 5.88 Å². The topological polar surface area (TPSA) is 55.2 Å². The van der Waals surface area contributed by atoms with Gasteiger partial charge in [0.15, 0.2) is 5.75 Å². The van der Waals surface area contributed by atoms with Crippen molar-refractivity contribution in [2.75, 3.05) is 0 Å². The van der Waals surface area contributed by atoms with Crippen LogP contribution in [0.25, 0.3) is 10.9 Å². The predicted molar refractivity (Wildman–Crippen MR) is 76.7 cm³/mol. The number of hydrogen-bond acceptors (Lipinski definition) is 4. The fourth-order valence-electron chi connectivity index (χ4n) is 2.01. The van der Waals surface area contributed by atoms with Crippen LogP contribution in [0.2, 0.25) is 0 Å². The molecule has 0 aliphatic carbocycles. The summed E-state index contributed by atoms with van der Waals surface area (Å²) in [7, 11) is 0. The molecule has 0 saturated carbocycles. The smallest absolute Gasteiger partial charge is 0.219 e. The van der Waals surface area contributed by atoms with Crippen LogP contribution in [0.3, 0.4) is 0 Å². The second kappa shape index (κ2) is 5.27. The summed E-state index contributed by atoms with van der Waals surface area (Å²) in [6.45, 7) is 1.71. The number of aliphatic hydroxyl groups is 1. The molecule has 2 heterocycles. The summed E-state index contributed by atoms with van der Waals surface area (Å²) in [5.41, 5.74) is 1.56. The quantitative estimate of drug-likeness (QED) is 0.788. The highest BCUT2D eigenvalue weighted by Crippen LogP contribution is 2.28. The molecular weight excluding hydrogens is 252 g/mol. The Bertz CT molecular complexity index is 736. The molecule has 0 aliphatic rings. The van der Waals surface area contributed by atoms with Crippen molar-refractivity contribution in [3.63, 3.8) is 0 Å². The van der Waals surface area contributed by atoms with Gasteiger partial charge in [0, 0.05) is 23.8 Å². The average molecular weight is 266 g/mol. The molecule has 0 amide bonds. The number of pyridine rings is 2. The van der Waals surface area contributed by atoms with Gasteiger partial charge in [0.05, 0.1) is 6.10 Å². The summed E-state index contributed by atoms with van der Waals surface area (Å²) in [5.74, 6) is 1.10. The van der Waals surface area contributed by atoms with E-state index in [2.05, 4.69) is 9.97 Å². The minimum absolute atomic E-state index is 0.446. The molecule has 4 heteroatoms. The molecule has 1 atom stereocenters. The molecule has 0 saturated heterocycles. The van der Waals surface area contributed by atoms with Crippen LogP contribution in [-0.2, 0) is 0 Å². The molecule has 0 spiro atoms. The van der Waals surface area contributed by atoms with Gasteiger partial charge >= 0.3 is 0 Å². The van der Waals surface area contributed by atoms with Crippen molar-refractivity contribution >= 4 is 10.9 Å².